The van der Waals surface area contributed by atoms with E-state index >= 15 is 0 Å². The summed E-state index contributed by atoms with van der Waals surface area (Å²) in [4.78, 5) is 0. The van der Waals surface area contributed by atoms with Gasteiger partial charge in [-0.2, -0.15) is 13.2 Å². The van der Waals surface area contributed by atoms with Gasteiger partial charge < -0.3 is 5.73 Å². The monoisotopic (exact) mass is 271 g/mol. The summed E-state index contributed by atoms with van der Waals surface area (Å²) in [5, 5.41) is 0. The molecule has 0 heterocycles. The van der Waals surface area contributed by atoms with E-state index in [1.54, 1.807) is 6.07 Å². The Hall–Kier alpha value is -1.03. The molecule has 1 nitrogen and oxygen atoms in total. The summed E-state index contributed by atoms with van der Waals surface area (Å²) in [5.74, 6) is 1.02. The molecule has 1 saturated carbocycles. The molecule has 106 valence electrons. The minimum absolute atomic E-state index is 0.283. The highest BCUT2D eigenvalue weighted by Crippen LogP contribution is 2.37. The summed E-state index contributed by atoms with van der Waals surface area (Å²) in [5.41, 5.74) is 6.16. The highest BCUT2D eigenvalue weighted by Gasteiger charge is 2.32. The second-order valence-corrected chi connectivity index (χ2v) is 5.67. The van der Waals surface area contributed by atoms with E-state index in [1.807, 2.05) is 0 Å². The van der Waals surface area contributed by atoms with Gasteiger partial charge in [-0.15, -0.1) is 0 Å². The molecular formula is C15H20F3N. The fourth-order valence-electron chi connectivity index (χ4n) is 2.84. The number of hydrogen-bond acceptors (Lipinski definition) is 1. The van der Waals surface area contributed by atoms with E-state index in [4.69, 9.17) is 5.73 Å². The maximum atomic E-state index is 12.7. The molecule has 0 spiro atoms. The second-order valence-electron chi connectivity index (χ2n) is 5.67. The number of rotatable bonds is 2. The normalized spacial score (nSPS) is 26.2. The van der Waals surface area contributed by atoms with Crippen LogP contribution in [0.25, 0.3) is 0 Å². The van der Waals surface area contributed by atoms with Crippen molar-refractivity contribution in [1.82, 2.24) is 0 Å². The van der Waals surface area contributed by atoms with Gasteiger partial charge in [-0.05, 0) is 42.4 Å². The Bertz CT molecular complexity index is 420. The average Bonchev–Trinajstić information content (AvgIpc) is 2.38. The van der Waals surface area contributed by atoms with Crippen LogP contribution in [0.1, 0.15) is 49.8 Å². The predicted molar refractivity (Wildman–Crippen MR) is 69.5 cm³/mol. The van der Waals surface area contributed by atoms with Crippen molar-refractivity contribution >= 4 is 0 Å². The Kier molecular flexibility index (Phi) is 4.19. The SMILES string of the molecule is CC1CCC(C(N)c2cccc(C(F)(F)F)c2)CC1. The molecule has 0 amide bonds. The first kappa shape index (κ1) is 14.4. The van der Waals surface area contributed by atoms with Crippen molar-refractivity contribution in [3.05, 3.63) is 35.4 Å². The van der Waals surface area contributed by atoms with Crippen LogP contribution >= 0.6 is 0 Å². The summed E-state index contributed by atoms with van der Waals surface area (Å²) < 4.78 is 38.1. The maximum Gasteiger partial charge on any atom is 0.416 e. The number of benzene rings is 1. The zero-order chi connectivity index (χ0) is 14.0. The lowest BCUT2D eigenvalue weighted by molar-refractivity contribution is -0.137. The van der Waals surface area contributed by atoms with Crippen molar-refractivity contribution in [2.75, 3.05) is 0 Å². The standard InChI is InChI=1S/C15H20F3N/c1-10-5-7-11(8-6-10)14(19)12-3-2-4-13(9-12)15(16,17)18/h2-4,9-11,14H,5-8,19H2,1H3. The molecule has 1 unspecified atom stereocenters. The third-order valence-corrected chi connectivity index (χ3v) is 4.17. The zero-order valence-electron chi connectivity index (χ0n) is 11.1. The van der Waals surface area contributed by atoms with E-state index in [2.05, 4.69) is 6.92 Å². The smallest absolute Gasteiger partial charge is 0.324 e. The average molecular weight is 271 g/mol. The number of alkyl halides is 3. The van der Waals surface area contributed by atoms with Crippen LogP contribution in [0.15, 0.2) is 24.3 Å². The molecule has 0 bridgehead atoms. The molecule has 0 saturated heterocycles. The minimum atomic E-state index is -4.29. The summed E-state index contributed by atoms with van der Waals surface area (Å²) in [6.45, 7) is 2.21. The van der Waals surface area contributed by atoms with E-state index in [9.17, 15) is 13.2 Å². The minimum Gasteiger partial charge on any atom is -0.324 e. The number of nitrogens with two attached hydrogens (primary N) is 1. The lowest BCUT2D eigenvalue weighted by atomic mass is 9.77. The van der Waals surface area contributed by atoms with E-state index in [1.165, 1.54) is 12.1 Å². The van der Waals surface area contributed by atoms with Gasteiger partial charge in [-0.25, -0.2) is 0 Å². The zero-order valence-corrected chi connectivity index (χ0v) is 11.1. The molecule has 1 fully saturated rings. The highest BCUT2D eigenvalue weighted by molar-refractivity contribution is 5.28. The molecule has 19 heavy (non-hydrogen) atoms. The third-order valence-electron chi connectivity index (χ3n) is 4.17. The topological polar surface area (TPSA) is 26.0 Å². The van der Waals surface area contributed by atoms with Crippen LogP contribution in [0.5, 0.6) is 0 Å². The van der Waals surface area contributed by atoms with E-state index in [0.29, 0.717) is 17.4 Å². The molecule has 4 heteroatoms. The van der Waals surface area contributed by atoms with E-state index < -0.39 is 11.7 Å². The molecule has 2 N–H and O–H groups in total. The first-order valence-corrected chi connectivity index (χ1v) is 6.80. The molecule has 0 aliphatic heterocycles. The molecule has 1 aromatic carbocycles. The largest absolute Gasteiger partial charge is 0.416 e. The molecule has 1 aliphatic rings. The van der Waals surface area contributed by atoms with Crippen LogP contribution in [-0.4, -0.2) is 0 Å². The Balaban J connectivity index is 2.13. The fourth-order valence-corrected chi connectivity index (χ4v) is 2.84. The Morgan fingerprint density at radius 3 is 2.37 bits per heavy atom. The van der Waals surface area contributed by atoms with Gasteiger partial charge in [-0.3, -0.25) is 0 Å². The van der Waals surface area contributed by atoms with E-state index in [0.717, 1.165) is 31.7 Å². The molecule has 2 rings (SSSR count). The molecule has 0 radical (unpaired) electrons. The Morgan fingerprint density at radius 1 is 1.16 bits per heavy atom. The van der Waals surface area contributed by atoms with Gasteiger partial charge in [0.2, 0.25) is 0 Å². The molecule has 1 aromatic rings. The first-order chi connectivity index (χ1) is 8.88. The van der Waals surface area contributed by atoms with E-state index in [-0.39, 0.29) is 6.04 Å². The van der Waals surface area contributed by atoms with Crippen molar-refractivity contribution in [1.29, 1.82) is 0 Å². The third kappa shape index (κ3) is 3.50. The summed E-state index contributed by atoms with van der Waals surface area (Å²) in [6, 6.07) is 5.17. The van der Waals surface area contributed by atoms with Gasteiger partial charge in [0, 0.05) is 6.04 Å². The van der Waals surface area contributed by atoms with Gasteiger partial charge in [0.15, 0.2) is 0 Å². The lowest BCUT2D eigenvalue weighted by Gasteiger charge is -2.31. The van der Waals surface area contributed by atoms with Crippen LogP contribution in [0, 0.1) is 11.8 Å². The predicted octanol–water partition coefficient (Wildman–Crippen LogP) is 4.53. The van der Waals surface area contributed by atoms with Crippen LogP contribution in [0.4, 0.5) is 13.2 Å². The molecule has 0 aromatic heterocycles. The van der Waals surface area contributed by atoms with Crippen LogP contribution in [0.2, 0.25) is 0 Å². The van der Waals surface area contributed by atoms with Crippen molar-refractivity contribution in [3.63, 3.8) is 0 Å². The summed E-state index contributed by atoms with van der Waals surface area (Å²) in [6.07, 6.45) is -0.0252. The van der Waals surface area contributed by atoms with Crippen LogP contribution < -0.4 is 5.73 Å². The summed E-state index contributed by atoms with van der Waals surface area (Å²) in [7, 11) is 0. The van der Waals surface area contributed by atoms with Crippen LogP contribution in [0.3, 0.4) is 0 Å². The second kappa shape index (κ2) is 5.53. The quantitative estimate of drug-likeness (QED) is 0.840. The number of hydrogen-bond donors (Lipinski definition) is 1. The molecule has 1 aliphatic carbocycles. The molecule has 1 atom stereocenters. The fraction of sp³-hybridized carbons (Fsp3) is 0.600. The lowest BCUT2D eigenvalue weighted by Crippen LogP contribution is -2.25. The Morgan fingerprint density at radius 2 is 1.79 bits per heavy atom. The van der Waals surface area contributed by atoms with Crippen molar-refractivity contribution in [2.24, 2.45) is 17.6 Å². The summed E-state index contributed by atoms with van der Waals surface area (Å²) >= 11 is 0. The maximum absolute atomic E-state index is 12.7. The van der Waals surface area contributed by atoms with Gasteiger partial charge in [-0.1, -0.05) is 31.9 Å². The van der Waals surface area contributed by atoms with Crippen molar-refractivity contribution in [3.8, 4) is 0 Å². The number of halogens is 3. The van der Waals surface area contributed by atoms with Crippen molar-refractivity contribution < 1.29 is 13.2 Å². The van der Waals surface area contributed by atoms with Gasteiger partial charge in [0.25, 0.3) is 0 Å². The Labute approximate surface area is 112 Å². The first-order valence-electron chi connectivity index (χ1n) is 6.80. The van der Waals surface area contributed by atoms with Gasteiger partial charge in [0.1, 0.15) is 0 Å². The molecular weight excluding hydrogens is 251 g/mol. The van der Waals surface area contributed by atoms with Crippen molar-refractivity contribution in [2.45, 2.75) is 44.8 Å². The van der Waals surface area contributed by atoms with Gasteiger partial charge >= 0.3 is 6.18 Å². The van der Waals surface area contributed by atoms with Crippen LogP contribution in [-0.2, 0) is 6.18 Å². The van der Waals surface area contributed by atoms with Gasteiger partial charge in [0.05, 0.1) is 5.56 Å². The highest BCUT2D eigenvalue weighted by atomic mass is 19.4.